The summed E-state index contributed by atoms with van der Waals surface area (Å²) in [5.74, 6) is 0. The third kappa shape index (κ3) is 5.50. The van der Waals surface area contributed by atoms with Crippen molar-refractivity contribution in [2.75, 3.05) is 4.90 Å². The molecular formula is C58H37NO. The van der Waals surface area contributed by atoms with Crippen LogP contribution in [0, 0.1) is 0 Å². The van der Waals surface area contributed by atoms with Crippen molar-refractivity contribution in [3.63, 3.8) is 0 Å². The molecule has 11 aromatic carbocycles. The number of anilines is 3. The second-order valence-electron chi connectivity index (χ2n) is 15.6. The summed E-state index contributed by atoms with van der Waals surface area (Å²) >= 11 is 0. The quantitative estimate of drug-likeness (QED) is 0.157. The summed E-state index contributed by atoms with van der Waals surface area (Å²) in [6.07, 6.45) is 0. The van der Waals surface area contributed by atoms with Gasteiger partial charge in [0.25, 0.3) is 0 Å². The monoisotopic (exact) mass is 763 g/mol. The fraction of sp³-hybridized carbons (Fsp3) is 0. The molecule has 0 radical (unpaired) electrons. The molecule has 0 unspecified atom stereocenters. The van der Waals surface area contributed by atoms with Crippen molar-refractivity contribution in [2.45, 2.75) is 0 Å². The lowest BCUT2D eigenvalue weighted by molar-refractivity contribution is 0.672. The van der Waals surface area contributed by atoms with Crippen LogP contribution in [0.25, 0.3) is 98.4 Å². The first-order chi connectivity index (χ1) is 29.8. The molecule has 60 heavy (non-hydrogen) atoms. The van der Waals surface area contributed by atoms with Gasteiger partial charge in [-0.1, -0.05) is 176 Å². The maximum absolute atomic E-state index is 6.72. The van der Waals surface area contributed by atoms with Gasteiger partial charge in [-0.15, -0.1) is 0 Å². The van der Waals surface area contributed by atoms with Gasteiger partial charge < -0.3 is 9.32 Å². The molecule has 0 aliphatic carbocycles. The smallest absolute Gasteiger partial charge is 0.143 e. The molecule has 2 nitrogen and oxygen atoms in total. The lowest BCUT2D eigenvalue weighted by Gasteiger charge is -2.27. The Balaban J connectivity index is 1.04. The minimum absolute atomic E-state index is 0.865. The van der Waals surface area contributed by atoms with Crippen molar-refractivity contribution in [1.29, 1.82) is 0 Å². The van der Waals surface area contributed by atoms with Crippen molar-refractivity contribution < 1.29 is 4.42 Å². The summed E-state index contributed by atoms with van der Waals surface area (Å²) in [6.45, 7) is 0. The highest BCUT2D eigenvalue weighted by Gasteiger charge is 2.21. The standard InChI is InChI=1S/C58H37NO/c1-2-13-38(14-3-1)47-23-10-17-42-18-11-24-48(56(42)47)40-27-32-44(33-28-40)59(54-25-12-26-55-57(54)52-36-31-39-15-4-7-20-49(39)58(52)60-55)45-34-29-41(30-35-45)53-37-43-16-5-6-19-46(43)50-21-8-9-22-51(50)53/h1-37H. The van der Waals surface area contributed by atoms with Crippen LogP contribution < -0.4 is 4.90 Å². The van der Waals surface area contributed by atoms with E-state index in [0.717, 1.165) is 44.4 Å². The van der Waals surface area contributed by atoms with Crippen LogP contribution in [-0.2, 0) is 0 Å². The van der Waals surface area contributed by atoms with E-state index in [1.807, 2.05) is 0 Å². The van der Waals surface area contributed by atoms with Crippen LogP contribution >= 0.6 is 0 Å². The minimum atomic E-state index is 0.865. The molecule has 0 amide bonds. The summed E-state index contributed by atoms with van der Waals surface area (Å²) in [6, 6.07) is 81.2. The van der Waals surface area contributed by atoms with Gasteiger partial charge in [-0.3, -0.25) is 0 Å². The van der Waals surface area contributed by atoms with E-state index in [2.05, 4.69) is 229 Å². The number of fused-ring (bicyclic) bond motifs is 9. The van der Waals surface area contributed by atoms with Gasteiger partial charge in [-0.2, -0.15) is 0 Å². The lowest BCUT2D eigenvalue weighted by atomic mass is 9.91. The number of hydrogen-bond acceptors (Lipinski definition) is 2. The molecule has 0 aliphatic rings. The molecule has 12 aromatic rings. The molecule has 12 rings (SSSR count). The molecule has 0 N–H and O–H groups in total. The predicted molar refractivity (Wildman–Crippen MR) is 255 cm³/mol. The molecule has 0 saturated carbocycles. The SMILES string of the molecule is c1ccc(-c2cccc3cccc(-c4ccc(N(c5ccc(-c6cc7ccccc7c7ccccc67)cc5)c5cccc6oc7c8ccccc8ccc7c56)cc4)c23)cc1. The highest BCUT2D eigenvalue weighted by atomic mass is 16.3. The summed E-state index contributed by atoms with van der Waals surface area (Å²) in [5, 5.41) is 12.0. The van der Waals surface area contributed by atoms with Gasteiger partial charge in [-0.05, 0) is 120 Å². The maximum Gasteiger partial charge on any atom is 0.143 e. The summed E-state index contributed by atoms with van der Waals surface area (Å²) in [5.41, 5.74) is 12.2. The summed E-state index contributed by atoms with van der Waals surface area (Å²) in [7, 11) is 0. The van der Waals surface area contributed by atoms with Crippen molar-refractivity contribution >= 4 is 82.1 Å². The second-order valence-corrected chi connectivity index (χ2v) is 15.6. The van der Waals surface area contributed by atoms with E-state index in [4.69, 9.17) is 4.42 Å². The van der Waals surface area contributed by atoms with Crippen LogP contribution in [0.2, 0.25) is 0 Å². The van der Waals surface area contributed by atoms with E-state index >= 15 is 0 Å². The van der Waals surface area contributed by atoms with Gasteiger partial charge in [0, 0.05) is 22.1 Å². The number of benzene rings is 11. The van der Waals surface area contributed by atoms with E-state index in [1.54, 1.807) is 0 Å². The van der Waals surface area contributed by atoms with Gasteiger partial charge >= 0.3 is 0 Å². The second kappa shape index (κ2) is 13.9. The molecule has 1 aromatic heterocycles. The minimum Gasteiger partial charge on any atom is -0.455 e. The highest BCUT2D eigenvalue weighted by molar-refractivity contribution is 6.20. The lowest BCUT2D eigenvalue weighted by Crippen LogP contribution is -2.10. The molecule has 0 fully saturated rings. The van der Waals surface area contributed by atoms with E-state index in [9.17, 15) is 0 Å². The first-order valence-electron chi connectivity index (χ1n) is 20.6. The van der Waals surface area contributed by atoms with Crippen molar-refractivity contribution in [1.82, 2.24) is 0 Å². The Morgan fingerprint density at radius 2 is 0.850 bits per heavy atom. The largest absolute Gasteiger partial charge is 0.455 e. The molecule has 0 atom stereocenters. The van der Waals surface area contributed by atoms with Crippen LogP contribution in [-0.4, -0.2) is 0 Å². The number of furan rings is 1. The van der Waals surface area contributed by atoms with Crippen LogP contribution in [0.4, 0.5) is 17.1 Å². The van der Waals surface area contributed by atoms with Crippen molar-refractivity contribution in [2.24, 2.45) is 0 Å². The van der Waals surface area contributed by atoms with Gasteiger partial charge in [-0.25, -0.2) is 0 Å². The third-order valence-electron chi connectivity index (χ3n) is 12.2. The molecule has 0 aliphatic heterocycles. The van der Waals surface area contributed by atoms with Crippen molar-refractivity contribution in [3.8, 4) is 33.4 Å². The summed E-state index contributed by atoms with van der Waals surface area (Å²) < 4.78 is 6.72. The Morgan fingerprint density at radius 3 is 1.57 bits per heavy atom. The summed E-state index contributed by atoms with van der Waals surface area (Å²) in [4.78, 5) is 2.39. The first-order valence-corrected chi connectivity index (χ1v) is 20.6. The molecular weight excluding hydrogens is 727 g/mol. The molecule has 2 heteroatoms. The molecule has 0 spiro atoms. The van der Waals surface area contributed by atoms with Crippen LogP contribution in [0.1, 0.15) is 0 Å². The molecule has 0 saturated heterocycles. The Bertz CT molecular complexity index is 3580. The average Bonchev–Trinajstić information content (AvgIpc) is 3.72. The zero-order valence-electron chi connectivity index (χ0n) is 32.7. The zero-order valence-corrected chi connectivity index (χ0v) is 32.7. The Kier molecular flexibility index (Phi) is 7.89. The molecule has 1 heterocycles. The number of rotatable bonds is 6. The van der Waals surface area contributed by atoms with Crippen LogP contribution in [0.15, 0.2) is 229 Å². The number of hydrogen-bond donors (Lipinski definition) is 0. The van der Waals surface area contributed by atoms with Crippen LogP contribution in [0.3, 0.4) is 0 Å². The van der Waals surface area contributed by atoms with Gasteiger partial charge in [0.1, 0.15) is 11.2 Å². The highest BCUT2D eigenvalue weighted by Crippen LogP contribution is 2.46. The van der Waals surface area contributed by atoms with Crippen molar-refractivity contribution in [3.05, 3.63) is 224 Å². The fourth-order valence-electron chi connectivity index (χ4n) is 9.46. The van der Waals surface area contributed by atoms with Gasteiger partial charge in [0.2, 0.25) is 0 Å². The van der Waals surface area contributed by atoms with Gasteiger partial charge in [0.15, 0.2) is 0 Å². The number of nitrogens with zero attached hydrogens (tertiary/aromatic N) is 1. The van der Waals surface area contributed by atoms with Crippen LogP contribution in [0.5, 0.6) is 0 Å². The van der Waals surface area contributed by atoms with E-state index < -0.39 is 0 Å². The Hall–Kier alpha value is -7.94. The Morgan fingerprint density at radius 1 is 0.300 bits per heavy atom. The molecule has 0 bridgehead atoms. The third-order valence-corrected chi connectivity index (χ3v) is 12.2. The topological polar surface area (TPSA) is 16.4 Å². The average molecular weight is 764 g/mol. The zero-order chi connectivity index (χ0) is 39.6. The van der Waals surface area contributed by atoms with Gasteiger partial charge in [0.05, 0.1) is 11.1 Å². The predicted octanol–water partition coefficient (Wildman–Crippen LogP) is 16.7. The molecule has 280 valence electrons. The fourth-order valence-corrected chi connectivity index (χ4v) is 9.46. The van der Waals surface area contributed by atoms with E-state index in [1.165, 1.54) is 71.1 Å². The van der Waals surface area contributed by atoms with E-state index in [0.29, 0.717) is 0 Å². The normalized spacial score (nSPS) is 11.7. The maximum atomic E-state index is 6.72. The first kappa shape index (κ1) is 34.1. The Labute approximate surface area is 347 Å². The van der Waals surface area contributed by atoms with E-state index in [-0.39, 0.29) is 0 Å².